The molecule has 0 bridgehead atoms. The van der Waals surface area contributed by atoms with Gasteiger partial charge in [0, 0.05) is 12.6 Å². The average molecular weight is 259 g/mol. The summed E-state index contributed by atoms with van der Waals surface area (Å²) in [5.41, 5.74) is 0.425. The van der Waals surface area contributed by atoms with E-state index in [1.807, 2.05) is 19.9 Å². The summed E-state index contributed by atoms with van der Waals surface area (Å²) in [6.07, 6.45) is 2.11. The molecular weight excluding hydrogens is 242 g/mol. The SMILES string of the molecule is CC(C)CC(=O)N1CC(Oc2ncccc2C#N)C1. The van der Waals surface area contributed by atoms with Gasteiger partial charge in [0.1, 0.15) is 17.7 Å². The fourth-order valence-corrected chi connectivity index (χ4v) is 1.92. The van der Waals surface area contributed by atoms with Gasteiger partial charge >= 0.3 is 0 Å². The maximum absolute atomic E-state index is 11.8. The molecule has 1 fully saturated rings. The lowest BCUT2D eigenvalue weighted by molar-refractivity contribution is -0.140. The Bertz CT molecular complexity index is 502. The highest BCUT2D eigenvalue weighted by Crippen LogP contribution is 2.20. The van der Waals surface area contributed by atoms with Crippen molar-refractivity contribution in [1.82, 2.24) is 9.88 Å². The normalized spacial score (nSPS) is 14.9. The van der Waals surface area contributed by atoms with Gasteiger partial charge in [-0.3, -0.25) is 4.79 Å². The van der Waals surface area contributed by atoms with Gasteiger partial charge in [0.15, 0.2) is 0 Å². The van der Waals surface area contributed by atoms with Gasteiger partial charge in [-0.05, 0) is 18.1 Å². The zero-order valence-electron chi connectivity index (χ0n) is 11.2. The van der Waals surface area contributed by atoms with Gasteiger partial charge in [-0.1, -0.05) is 13.8 Å². The van der Waals surface area contributed by atoms with Crippen LogP contribution >= 0.6 is 0 Å². The number of carbonyl (C=O) groups is 1. The number of hydrogen-bond donors (Lipinski definition) is 0. The number of carbonyl (C=O) groups excluding carboxylic acids is 1. The zero-order chi connectivity index (χ0) is 13.8. The molecule has 0 atom stereocenters. The highest BCUT2D eigenvalue weighted by atomic mass is 16.5. The van der Waals surface area contributed by atoms with Crippen molar-refractivity contribution in [3.05, 3.63) is 23.9 Å². The number of rotatable bonds is 4. The Balaban J connectivity index is 1.85. The van der Waals surface area contributed by atoms with Crippen molar-refractivity contribution in [2.24, 2.45) is 5.92 Å². The highest BCUT2D eigenvalue weighted by molar-refractivity contribution is 5.77. The molecule has 1 aliphatic rings. The molecule has 0 aromatic carbocycles. The van der Waals surface area contributed by atoms with E-state index >= 15 is 0 Å². The van der Waals surface area contributed by atoms with E-state index in [0.717, 1.165) is 0 Å². The van der Waals surface area contributed by atoms with E-state index in [1.165, 1.54) is 0 Å². The molecule has 0 spiro atoms. The Kier molecular flexibility index (Phi) is 4.00. The first-order chi connectivity index (χ1) is 9.10. The molecule has 0 N–H and O–H groups in total. The van der Waals surface area contributed by atoms with Crippen LogP contribution in [0.5, 0.6) is 5.88 Å². The number of ether oxygens (including phenoxy) is 1. The smallest absolute Gasteiger partial charge is 0.232 e. The second-order valence-corrected chi connectivity index (χ2v) is 5.10. The number of amides is 1. The van der Waals surface area contributed by atoms with Crippen LogP contribution in [0.15, 0.2) is 18.3 Å². The predicted octanol–water partition coefficient (Wildman–Crippen LogP) is 1.59. The molecular formula is C14H17N3O2. The number of aromatic nitrogens is 1. The lowest BCUT2D eigenvalue weighted by atomic mass is 10.1. The standard InChI is InChI=1S/C14H17N3O2/c1-10(2)6-13(18)17-8-12(9-17)19-14-11(7-15)4-3-5-16-14/h3-5,10,12H,6,8-9H2,1-2H3. The van der Waals surface area contributed by atoms with E-state index in [9.17, 15) is 4.79 Å². The first-order valence-electron chi connectivity index (χ1n) is 6.39. The van der Waals surface area contributed by atoms with E-state index in [2.05, 4.69) is 4.98 Å². The van der Waals surface area contributed by atoms with E-state index in [0.29, 0.717) is 36.9 Å². The Hall–Kier alpha value is -2.09. The lowest BCUT2D eigenvalue weighted by Crippen LogP contribution is -2.56. The highest BCUT2D eigenvalue weighted by Gasteiger charge is 2.32. The number of likely N-dealkylation sites (tertiary alicyclic amines) is 1. The van der Waals surface area contributed by atoms with Crippen LogP contribution in [0.4, 0.5) is 0 Å². The second kappa shape index (κ2) is 5.70. The molecule has 19 heavy (non-hydrogen) atoms. The van der Waals surface area contributed by atoms with Gasteiger partial charge in [-0.25, -0.2) is 4.98 Å². The Morgan fingerprint density at radius 1 is 1.63 bits per heavy atom. The molecule has 1 amide bonds. The summed E-state index contributed by atoms with van der Waals surface area (Å²) >= 11 is 0. The molecule has 1 aromatic rings. The van der Waals surface area contributed by atoms with Gasteiger partial charge in [-0.2, -0.15) is 5.26 Å². The third-order valence-corrected chi connectivity index (χ3v) is 2.95. The molecule has 0 radical (unpaired) electrons. The molecule has 1 aliphatic heterocycles. The molecule has 5 heteroatoms. The topological polar surface area (TPSA) is 66.2 Å². The van der Waals surface area contributed by atoms with Crippen LogP contribution in [0.3, 0.4) is 0 Å². The lowest BCUT2D eigenvalue weighted by Gasteiger charge is -2.39. The van der Waals surface area contributed by atoms with Crippen molar-refractivity contribution in [1.29, 1.82) is 5.26 Å². The van der Waals surface area contributed by atoms with Gasteiger partial charge in [0.25, 0.3) is 0 Å². The van der Waals surface area contributed by atoms with E-state index in [-0.39, 0.29) is 12.0 Å². The Labute approximate surface area is 112 Å². The fraction of sp³-hybridized carbons (Fsp3) is 0.500. The summed E-state index contributed by atoms with van der Waals surface area (Å²) in [4.78, 5) is 17.6. The zero-order valence-corrected chi connectivity index (χ0v) is 11.2. The summed E-state index contributed by atoms with van der Waals surface area (Å²) in [6.45, 7) is 5.21. The largest absolute Gasteiger partial charge is 0.470 e. The summed E-state index contributed by atoms with van der Waals surface area (Å²) in [5.74, 6) is 0.885. The first kappa shape index (κ1) is 13.3. The minimum Gasteiger partial charge on any atom is -0.470 e. The molecule has 1 saturated heterocycles. The molecule has 0 unspecified atom stereocenters. The maximum atomic E-state index is 11.8. The quantitative estimate of drug-likeness (QED) is 0.823. The van der Waals surface area contributed by atoms with Gasteiger partial charge in [-0.15, -0.1) is 0 Å². The molecule has 0 saturated carbocycles. The van der Waals surface area contributed by atoms with Gasteiger partial charge in [0.2, 0.25) is 11.8 Å². The molecule has 0 aliphatic carbocycles. The molecule has 1 aromatic heterocycles. The van der Waals surface area contributed by atoms with Crippen LogP contribution in [0.1, 0.15) is 25.8 Å². The number of hydrogen-bond acceptors (Lipinski definition) is 4. The molecule has 100 valence electrons. The van der Waals surface area contributed by atoms with E-state index in [1.54, 1.807) is 23.2 Å². The van der Waals surface area contributed by atoms with Gasteiger partial charge < -0.3 is 9.64 Å². The minimum absolute atomic E-state index is 0.0573. The van der Waals surface area contributed by atoms with Crippen LogP contribution in [-0.4, -0.2) is 35.0 Å². The van der Waals surface area contributed by atoms with Crippen LogP contribution in [-0.2, 0) is 4.79 Å². The summed E-state index contributed by atoms with van der Waals surface area (Å²) in [5, 5.41) is 8.93. The van der Waals surface area contributed by atoms with Crippen molar-refractivity contribution in [3.8, 4) is 11.9 Å². The average Bonchev–Trinajstić information content (AvgIpc) is 2.32. The summed E-state index contributed by atoms with van der Waals surface area (Å²) in [6, 6.07) is 5.41. The summed E-state index contributed by atoms with van der Waals surface area (Å²) < 4.78 is 5.63. The van der Waals surface area contributed by atoms with Crippen LogP contribution in [0, 0.1) is 17.2 Å². The van der Waals surface area contributed by atoms with E-state index < -0.39 is 0 Å². The number of nitrogens with zero attached hydrogens (tertiary/aromatic N) is 3. The monoisotopic (exact) mass is 259 g/mol. The second-order valence-electron chi connectivity index (χ2n) is 5.10. The van der Waals surface area contributed by atoms with Crippen LogP contribution in [0.25, 0.3) is 0 Å². The van der Waals surface area contributed by atoms with Crippen molar-refractivity contribution in [3.63, 3.8) is 0 Å². The Morgan fingerprint density at radius 3 is 3.00 bits per heavy atom. The van der Waals surface area contributed by atoms with Crippen LogP contribution in [0.2, 0.25) is 0 Å². The number of nitriles is 1. The third-order valence-electron chi connectivity index (χ3n) is 2.95. The molecule has 5 nitrogen and oxygen atoms in total. The van der Waals surface area contributed by atoms with Crippen molar-refractivity contribution in [2.45, 2.75) is 26.4 Å². The van der Waals surface area contributed by atoms with Crippen molar-refractivity contribution < 1.29 is 9.53 Å². The molecule has 2 heterocycles. The summed E-state index contributed by atoms with van der Waals surface area (Å²) in [7, 11) is 0. The van der Waals surface area contributed by atoms with Gasteiger partial charge in [0.05, 0.1) is 13.1 Å². The van der Waals surface area contributed by atoms with Crippen molar-refractivity contribution >= 4 is 5.91 Å². The van der Waals surface area contributed by atoms with Crippen molar-refractivity contribution in [2.75, 3.05) is 13.1 Å². The van der Waals surface area contributed by atoms with E-state index in [4.69, 9.17) is 10.00 Å². The maximum Gasteiger partial charge on any atom is 0.232 e. The molecule has 2 rings (SSSR count). The minimum atomic E-state index is -0.0573. The third kappa shape index (κ3) is 3.22. The fourth-order valence-electron chi connectivity index (χ4n) is 1.92. The predicted molar refractivity (Wildman–Crippen MR) is 69.4 cm³/mol. The van der Waals surface area contributed by atoms with Crippen LogP contribution < -0.4 is 4.74 Å². The Morgan fingerprint density at radius 2 is 2.37 bits per heavy atom. The number of pyridine rings is 1. The first-order valence-corrected chi connectivity index (χ1v) is 6.39.